The summed E-state index contributed by atoms with van der Waals surface area (Å²) in [6, 6.07) is 9.69. The summed E-state index contributed by atoms with van der Waals surface area (Å²) in [4.78, 5) is 26.4. The van der Waals surface area contributed by atoms with E-state index in [4.69, 9.17) is 9.15 Å². The lowest BCUT2D eigenvalue weighted by Crippen LogP contribution is -2.26. The predicted octanol–water partition coefficient (Wildman–Crippen LogP) is 3.58. The summed E-state index contributed by atoms with van der Waals surface area (Å²) >= 11 is 0. The lowest BCUT2D eigenvalue weighted by Gasteiger charge is -2.22. The minimum Gasteiger partial charge on any atom is -0.503 e. The zero-order chi connectivity index (χ0) is 18.8. The minimum atomic E-state index is -0.680. The van der Waals surface area contributed by atoms with Gasteiger partial charge in [-0.15, -0.1) is 0 Å². The number of Topliss-reactive ketones (excluding diaryl/α,β-unsaturated/α-hetero) is 1. The second kappa shape index (κ2) is 7.07. The molecule has 1 aromatic heterocycles. The van der Waals surface area contributed by atoms with Crippen LogP contribution in [0.1, 0.15) is 41.3 Å². The molecule has 0 saturated carbocycles. The van der Waals surface area contributed by atoms with Crippen molar-refractivity contribution in [3.8, 4) is 5.75 Å². The molecule has 1 atom stereocenters. The smallest absolute Gasteiger partial charge is 0.289 e. The van der Waals surface area contributed by atoms with Gasteiger partial charge in [0.15, 0.2) is 11.5 Å². The van der Waals surface area contributed by atoms with Crippen LogP contribution in [0, 0.1) is 6.92 Å². The fourth-order valence-electron chi connectivity index (χ4n) is 3.00. The topological polar surface area (TPSA) is 80.0 Å². The van der Waals surface area contributed by atoms with Crippen LogP contribution in [-0.2, 0) is 4.79 Å². The van der Waals surface area contributed by atoms with Crippen molar-refractivity contribution in [3.63, 3.8) is 0 Å². The van der Waals surface area contributed by atoms with Crippen LogP contribution in [-0.4, -0.2) is 35.4 Å². The van der Waals surface area contributed by atoms with Gasteiger partial charge in [0.25, 0.3) is 5.91 Å². The first-order chi connectivity index (χ1) is 12.4. The van der Waals surface area contributed by atoms with Crippen molar-refractivity contribution in [2.75, 3.05) is 13.7 Å². The van der Waals surface area contributed by atoms with Crippen LogP contribution in [0.15, 0.2) is 52.1 Å². The number of carbonyl (C=O) groups excluding carboxylic acids is 2. The normalized spacial score (nSPS) is 17.1. The molecule has 1 aliphatic rings. The molecule has 0 aliphatic carbocycles. The van der Waals surface area contributed by atoms with Gasteiger partial charge < -0.3 is 19.2 Å². The Hall–Kier alpha value is -3.02. The van der Waals surface area contributed by atoms with E-state index in [1.165, 1.54) is 4.90 Å². The van der Waals surface area contributed by atoms with Gasteiger partial charge in [0, 0.05) is 7.05 Å². The van der Waals surface area contributed by atoms with Crippen molar-refractivity contribution in [1.82, 2.24) is 4.90 Å². The highest BCUT2D eigenvalue weighted by molar-refractivity contribution is 6.14. The van der Waals surface area contributed by atoms with Gasteiger partial charge in [-0.1, -0.05) is 19.1 Å². The molecule has 1 N–H and O–H groups in total. The molecule has 0 bridgehead atoms. The number of aryl methyl sites for hydroxylation is 1. The molecule has 136 valence electrons. The number of ether oxygens (including phenoxy) is 1. The Morgan fingerprint density at radius 3 is 2.50 bits per heavy atom. The van der Waals surface area contributed by atoms with E-state index in [1.807, 2.05) is 6.92 Å². The Balaban J connectivity index is 1.96. The molecule has 0 spiro atoms. The van der Waals surface area contributed by atoms with Gasteiger partial charge in [-0.05, 0) is 43.2 Å². The van der Waals surface area contributed by atoms with Gasteiger partial charge in [-0.3, -0.25) is 9.59 Å². The highest BCUT2D eigenvalue weighted by atomic mass is 16.5. The minimum absolute atomic E-state index is 0.0223. The SMILES string of the molecule is CCCOc1ccc(C2C(C(=O)c3ccc(C)o3)=C(O)C(=O)N2C)cc1. The fourth-order valence-corrected chi connectivity index (χ4v) is 3.00. The number of rotatable bonds is 6. The van der Waals surface area contributed by atoms with E-state index in [9.17, 15) is 14.7 Å². The first-order valence-electron chi connectivity index (χ1n) is 8.48. The van der Waals surface area contributed by atoms with E-state index in [0.29, 0.717) is 23.7 Å². The summed E-state index contributed by atoms with van der Waals surface area (Å²) in [6.07, 6.45) is 0.902. The number of hydrogen-bond donors (Lipinski definition) is 1. The maximum absolute atomic E-state index is 12.8. The van der Waals surface area contributed by atoms with Gasteiger partial charge in [-0.2, -0.15) is 0 Å². The molecule has 2 aromatic rings. The van der Waals surface area contributed by atoms with Crippen LogP contribution < -0.4 is 4.74 Å². The standard InChI is InChI=1S/C20H21NO5/c1-4-11-25-14-8-6-13(7-9-14)17-16(19(23)20(24)21(17)3)18(22)15-10-5-12(2)26-15/h5-10,17,23H,4,11H2,1-3H3. The second-order valence-corrected chi connectivity index (χ2v) is 6.24. The molecule has 2 heterocycles. The maximum Gasteiger partial charge on any atom is 0.289 e. The number of amides is 1. The number of likely N-dealkylation sites (N-methyl/N-ethyl adjacent to an activating group) is 1. The van der Waals surface area contributed by atoms with Crippen molar-refractivity contribution < 1.29 is 23.8 Å². The Labute approximate surface area is 151 Å². The molecule has 6 heteroatoms. The lowest BCUT2D eigenvalue weighted by atomic mass is 9.95. The molecule has 0 saturated heterocycles. The third-order valence-corrected chi connectivity index (χ3v) is 4.32. The number of hydrogen-bond acceptors (Lipinski definition) is 5. The molecule has 0 radical (unpaired) electrons. The van der Waals surface area contributed by atoms with E-state index in [1.54, 1.807) is 50.4 Å². The summed E-state index contributed by atoms with van der Waals surface area (Å²) < 4.78 is 10.9. The average molecular weight is 355 g/mol. The molecular weight excluding hydrogens is 334 g/mol. The molecule has 26 heavy (non-hydrogen) atoms. The maximum atomic E-state index is 12.8. The van der Waals surface area contributed by atoms with Crippen LogP contribution in [0.25, 0.3) is 0 Å². The number of aliphatic hydroxyl groups is 1. The summed E-state index contributed by atoms with van der Waals surface area (Å²) in [5, 5.41) is 10.3. The summed E-state index contributed by atoms with van der Waals surface area (Å²) in [6.45, 7) is 4.36. The van der Waals surface area contributed by atoms with Crippen LogP contribution in [0.4, 0.5) is 0 Å². The number of nitrogens with zero attached hydrogens (tertiary/aromatic N) is 1. The zero-order valence-electron chi connectivity index (χ0n) is 15.0. The number of furan rings is 1. The van der Waals surface area contributed by atoms with Gasteiger partial charge in [-0.25, -0.2) is 0 Å². The highest BCUT2D eigenvalue weighted by Gasteiger charge is 2.42. The lowest BCUT2D eigenvalue weighted by molar-refractivity contribution is -0.128. The number of ketones is 1. The van der Waals surface area contributed by atoms with E-state index in [2.05, 4.69) is 0 Å². The largest absolute Gasteiger partial charge is 0.503 e. The van der Waals surface area contributed by atoms with Crippen molar-refractivity contribution in [2.24, 2.45) is 0 Å². The molecule has 1 aliphatic heterocycles. The molecule has 6 nitrogen and oxygen atoms in total. The third kappa shape index (κ3) is 3.10. The van der Waals surface area contributed by atoms with Crippen molar-refractivity contribution in [3.05, 3.63) is 64.8 Å². The fraction of sp³-hybridized carbons (Fsp3) is 0.300. The quantitative estimate of drug-likeness (QED) is 0.801. The Bertz CT molecular complexity index is 863. The van der Waals surface area contributed by atoms with Crippen LogP contribution in [0.5, 0.6) is 5.75 Å². The molecule has 1 unspecified atom stereocenters. The first kappa shape index (κ1) is 17.8. The molecule has 1 amide bonds. The van der Waals surface area contributed by atoms with E-state index in [-0.39, 0.29) is 11.3 Å². The van der Waals surface area contributed by atoms with Gasteiger partial charge in [0.1, 0.15) is 11.5 Å². The van der Waals surface area contributed by atoms with Crippen LogP contribution >= 0.6 is 0 Å². The first-order valence-corrected chi connectivity index (χ1v) is 8.48. The van der Waals surface area contributed by atoms with Gasteiger partial charge >= 0.3 is 0 Å². The van der Waals surface area contributed by atoms with Crippen molar-refractivity contribution in [1.29, 1.82) is 0 Å². The Morgan fingerprint density at radius 2 is 1.92 bits per heavy atom. The number of benzene rings is 1. The van der Waals surface area contributed by atoms with Gasteiger partial charge in [0.05, 0.1) is 18.2 Å². The van der Waals surface area contributed by atoms with Crippen LogP contribution in [0.2, 0.25) is 0 Å². The predicted molar refractivity (Wildman–Crippen MR) is 95.2 cm³/mol. The number of aliphatic hydroxyl groups excluding tert-OH is 1. The molecular formula is C20H21NO5. The van der Waals surface area contributed by atoms with E-state index >= 15 is 0 Å². The van der Waals surface area contributed by atoms with Gasteiger partial charge in [0.2, 0.25) is 5.78 Å². The van der Waals surface area contributed by atoms with E-state index in [0.717, 1.165) is 6.42 Å². The van der Waals surface area contributed by atoms with Crippen molar-refractivity contribution >= 4 is 11.7 Å². The average Bonchev–Trinajstić information content (AvgIpc) is 3.17. The Morgan fingerprint density at radius 1 is 1.23 bits per heavy atom. The summed E-state index contributed by atoms with van der Waals surface area (Å²) in [7, 11) is 1.55. The molecule has 3 rings (SSSR count). The monoisotopic (exact) mass is 355 g/mol. The zero-order valence-corrected chi connectivity index (χ0v) is 15.0. The Kier molecular flexibility index (Phi) is 4.84. The highest BCUT2D eigenvalue weighted by Crippen LogP contribution is 2.38. The second-order valence-electron chi connectivity index (χ2n) is 6.24. The molecule has 1 aromatic carbocycles. The van der Waals surface area contributed by atoms with E-state index < -0.39 is 23.5 Å². The summed E-state index contributed by atoms with van der Waals surface area (Å²) in [5.74, 6) is -0.231. The third-order valence-electron chi connectivity index (χ3n) is 4.32. The summed E-state index contributed by atoms with van der Waals surface area (Å²) in [5.41, 5.74) is 0.731. The van der Waals surface area contributed by atoms with Crippen molar-refractivity contribution in [2.45, 2.75) is 26.3 Å². The van der Waals surface area contributed by atoms with Crippen LogP contribution in [0.3, 0.4) is 0 Å². The number of carbonyl (C=O) groups is 2. The molecule has 0 fully saturated rings.